The number of nitrogens with one attached hydrogen (secondary N) is 1. The molecule has 1 fully saturated rings. The molecule has 1 saturated heterocycles. The first-order valence-corrected chi connectivity index (χ1v) is 14.8. The van der Waals surface area contributed by atoms with Gasteiger partial charge in [-0.25, -0.2) is 0 Å². The zero-order chi connectivity index (χ0) is 30.6. The maximum Gasteiger partial charge on any atom is 0.238 e. The van der Waals surface area contributed by atoms with Gasteiger partial charge in [-0.05, 0) is 79.1 Å². The number of amides is 1. The number of methoxy groups -OCH3 is 1. The lowest BCUT2D eigenvalue weighted by atomic mass is 9.62. The summed E-state index contributed by atoms with van der Waals surface area (Å²) in [4.78, 5) is 46.2. The van der Waals surface area contributed by atoms with E-state index in [1.165, 1.54) is 0 Å². The largest absolute Gasteiger partial charge is 0.497 e. The molecule has 0 aromatic heterocycles. The third kappa shape index (κ3) is 4.07. The normalized spacial score (nSPS) is 22.8. The van der Waals surface area contributed by atoms with Gasteiger partial charge in [0.2, 0.25) is 5.91 Å². The molecular formula is C37H32N2O5. The molecule has 0 bridgehead atoms. The van der Waals surface area contributed by atoms with Crippen molar-refractivity contribution in [2.24, 2.45) is 5.92 Å². The highest BCUT2D eigenvalue weighted by atomic mass is 16.5. The minimum Gasteiger partial charge on any atom is -0.497 e. The predicted octanol–water partition coefficient (Wildman–Crippen LogP) is 6.46. The van der Waals surface area contributed by atoms with Crippen LogP contribution in [-0.2, 0) is 10.2 Å². The smallest absolute Gasteiger partial charge is 0.238 e. The molecule has 0 aliphatic carbocycles. The van der Waals surface area contributed by atoms with Crippen LogP contribution in [0.25, 0.3) is 6.08 Å². The van der Waals surface area contributed by atoms with Crippen LogP contribution in [0.5, 0.6) is 11.5 Å². The van der Waals surface area contributed by atoms with E-state index in [2.05, 4.69) is 5.32 Å². The Balaban J connectivity index is 1.48. The summed E-state index contributed by atoms with van der Waals surface area (Å²) in [6, 6.07) is 27.7. The zero-order valence-corrected chi connectivity index (χ0v) is 24.7. The molecule has 1 N–H and O–H groups in total. The van der Waals surface area contributed by atoms with Crippen LogP contribution >= 0.6 is 0 Å². The van der Waals surface area contributed by atoms with Gasteiger partial charge in [-0.15, -0.1) is 0 Å². The van der Waals surface area contributed by atoms with Gasteiger partial charge in [0.1, 0.15) is 23.0 Å². The van der Waals surface area contributed by atoms with Gasteiger partial charge < -0.3 is 19.7 Å². The number of nitrogens with zero attached hydrogens (tertiary/aromatic N) is 1. The van der Waals surface area contributed by atoms with Gasteiger partial charge in [0.05, 0.1) is 25.2 Å². The Kier molecular flexibility index (Phi) is 6.61. The lowest BCUT2D eigenvalue weighted by Gasteiger charge is -2.38. The Bertz CT molecular complexity index is 1830. The number of para-hydroxylation sites is 1. The topological polar surface area (TPSA) is 84.9 Å². The van der Waals surface area contributed by atoms with Crippen LogP contribution < -0.4 is 14.8 Å². The van der Waals surface area contributed by atoms with Gasteiger partial charge >= 0.3 is 0 Å². The average molecular weight is 585 g/mol. The fourth-order valence-electron chi connectivity index (χ4n) is 7.26. The second kappa shape index (κ2) is 10.5. The molecule has 44 heavy (non-hydrogen) atoms. The second-order valence-corrected chi connectivity index (χ2v) is 11.7. The van der Waals surface area contributed by atoms with E-state index in [4.69, 9.17) is 9.47 Å². The van der Waals surface area contributed by atoms with Gasteiger partial charge in [-0.2, -0.15) is 0 Å². The van der Waals surface area contributed by atoms with Gasteiger partial charge in [0, 0.05) is 23.0 Å². The first-order valence-electron chi connectivity index (χ1n) is 14.8. The predicted molar refractivity (Wildman–Crippen MR) is 168 cm³/mol. The monoisotopic (exact) mass is 584 g/mol. The van der Waals surface area contributed by atoms with E-state index in [0.29, 0.717) is 33.9 Å². The van der Waals surface area contributed by atoms with Gasteiger partial charge in [-0.3, -0.25) is 14.4 Å². The Morgan fingerprint density at radius 2 is 1.59 bits per heavy atom. The Morgan fingerprint density at radius 1 is 0.841 bits per heavy atom. The van der Waals surface area contributed by atoms with Crippen molar-refractivity contribution in [2.45, 2.75) is 37.5 Å². The molecule has 3 aliphatic heterocycles. The molecule has 7 heteroatoms. The van der Waals surface area contributed by atoms with Crippen molar-refractivity contribution < 1.29 is 23.9 Å². The summed E-state index contributed by atoms with van der Waals surface area (Å²) in [6.45, 7) is 3.88. The van der Waals surface area contributed by atoms with Crippen LogP contribution in [0, 0.1) is 5.92 Å². The minimum atomic E-state index is -1.39. The molecule has 7 nitrogen and oxygen atoms in total. The molecule has 4 aromatic rings. The molecule has 0 radical (unpaired) electrons. The summed E-state index contributed by atoms with van der Waals surface area (Å²) in [7, 11) is 1.54. The number of rotatable bonds is 7. The van der Waals surface area contributed by atoms with Crippen molar-refractivity contribution in [2.75, 3.05) is 12.4 Å². The molecule has 0 unspecified atom stereocenters. The van der Waals surface area contributed by atoms with E-state index in [1.807, 2.05) is 79.6 Å². The van der Waals surface area contributed by atoms with Crippen molar-refractivity contribution in [1.29, 1.82) is 0 Å². The van der Waals surface area contributed by atoms with Gasteiger partial charge in [0.25, 0.3) is 0 Å². The Hall–Kier alpha value is -5.17. The van der Waals surface area contributed by atoms with Crippen LogP contribution in [0.4, 0.5) is 5.69 Å². The molecule has 4 aromatic carbocycles. The number of Topliss-reactive ketones (excluding diaryl/α,β-unsaturated/α-hetero) is 2. The molecule has 7 rings (SSSR count). The van der Waals surface area contributed by atoms with E-state index >= 15 is 0 Å². The highest BCUT2D eigenvalue weighted by Crippen LogP contribution is 2.62. The number of ether oxygens (including phenoxy) is 2. The molecule has 1 amide bonds. The first kappa shape index (κ1) is 27.7. The lowest BCUT2D eigenvalue weighted by Crippen LogP contribution is -2.49. The van der Waals surface area contributed by atoms with E-state index in [9.17, 15) is 14.4 Å². The lowest BCUT2D eigenvalue weighted by molar-refractivity contribution is -0.122. The van der Waals surface area contributed by atoms with Crippen LogP contribution in [0.15, 0.2) is 103 Å². The van der Waals surface area contributed by atoms with Gasteiger partial charge in [0.15, 0.2) is 11.6 Å². The summed E-state index contributed by atoms with van der Waals surface area (Å²) in [5.41, 5.74) is 2.62. The summed E-state index contributed by atoms with van der Waals surface area (Å²) >= 11 is 0. The van der Waals surface area contributed by atoms with Crippen LogP contribution in [-0.4, -0.2) is 41.6 Å². The summed E-state index contributed by atoms with van der Waals surface area (Å²) in [5, 5.41) is 3.08. The molecule has 4 atom stereocenters. The third-order valence-corrected chi connectivity index (χ3v) is 8.99. The zero-order valence-electron chi connectivity index (χ0n) is 24.7. The first-order chi connectivity index (χ1) is 21.3. The van der Waals surface area contributed by atoms with Crippen LogP contribution in [0.2, 0.25) is 0 Å². The number of carbonyl (C=O) groups is 3. The summed E-state index contributed by atoms with van der Waals surface area (Å²) in [6.07, 6.45) is 3.81. The van der Waals surface area contributed by atoms with E-state index in [1.54, 1.807) is 55.6 Å². The number of anilines is 1. The van der Waals surface area contributed by atoms with Crippen molar-refractivity contribution >= 4 is 29.2 Å². The molecule has 1 spiro atoms. The average Bonchev–Trinajstić information content (AvgIpc) is 3.52. The Labute approximate surface area is 256 Å². The number of hydrogen-bond acceptors (Lipinski definition) is 6. The summed E-state index contributed by atoms with van der Waals surface area (Å²) < 4.78 is 11.3. The summed E-state index contributed by atoms with van der Waals surface area (Å²) in [5.74, 6) is -0.725. The van der Waals surface area contributed by atoms with Crippen molar-refractivity contribution in [1.82, 2.24) is 4.90 Å². The fourth-order valence-corrected chi connectivity index (χ4v) is 7.26. The standard InChI is InChI=1S/C37H32N2O5/c1-22(2)44-26-17-15-24(16-18-26)34(41)32-31(33(40)25-10-8-11-27(21-25)43-3)37(29-13-6-7-14-30(29)38-36(37)42)35-28-12-5-4-9-23(28)19-20-39(32)35/h4-22,31-32,35H,1-3H3,(H,38,42)/t31-,32-,35+,37+/m0/s1. The molecule has 0 saturated carbocycles. The van der Waals surface area contributed by atoms with Crippen molar-refractivity contribution in [3.05, 3.63) is 131 Å². The van der Waals surface area contributed by atoms with E-state index in [-0.39, 0.29) is 23.6 Å². The highest BCUT2D eigenvalue weighted by molar-refractivity contribution is 6.16. The maximum absolute atomic E-state index is 15.0. The highest BCUT2D eigenvalue weighted by Gasteiger charge is 2.70. The number of fused-ring (bicyclic) bond motifs is 6. The fraction of sp³-hybridized carbons (Fsp3) is 0.216. The van der Waals surface area contributed by atoms with Crippen molar-refractivity contribution in [3.8, 4) is 11.5 Å². The van der Waals surface area contributed by atoms with Crippen LogP contribution in [0.3, 0.4) is 0 Å². The SMILES string of the molecule is COc1cccc(C(=O)[C@@H]2[C@@H](C(=O)c3ccc(OC(C)C)cc3)N3C=Cc4ccccc4[C@@H]3[C@]23C(=O)Nc2ccccc23)c1. The number of hydrogen-bond donors (Lipinski definition) is 1. The van der Waals surface area contributed by atoms with E-state index < -0.39 is 23.4 Å². The second-order valence-electron chi connectivity index (χ2n) is 11.7. The number of carbonyl (C=O) groups excluding carboxylic acids is 3. The third-order valence-electron chi connectivity index (χ3n) is 8.99. The molecular weight excluding hydrogens is 552 g/mol. The maximum atomic E-state index is 15.0. The van der Waals surface area contributed by atoms with Crippen LogP contribution in [0.1, 0.15) is 57.3 Å². The quantitative estimate of drug-likeness (QED) is 0.251. The van der Waals surface area contributed by atoms with Crippen molar-refractivity contribution in [3.63, 3.8) is 0 Å². The molecule has 220 valence electrons. The number of benzene rings is 4. The molecule has 3 aliphatic rings. The van der Waals surface area contributed by atoms with E-state index in [0.717, 1.165) is 11.1 Å². The Morgan fingerprint density at radius 3 is 2.36 bits per heavy atom. The molecule has 3 heterocycles. The number of ketones is 2. The minimum absolute atomic E-state index is 0.0173. The van der Waals surface area contributed by atoms with Gasteiger partial charge in [-0.1, -0.05) is 54.6 Å².